The molecule has 30 heavy (non-hydrogen) atoms. The lowest BCUT2D eigenvalue weighted by atomic mass is 10.2. The number of hydrogen-bond acceptors (Lipinski definition) is 7. The Morgan fingerprint density at radius 3 is 2.57 bits per heavy atom. The van der Waals surface area contributed by atoms with E-state index < -0.39 is 5.97 Å². The van der Waals surface area contributed by atoms with Gasteiger partial charge in [-0.15, -0.1) is 5.11 Å². The second kappa shape index (κ2) is 9.00. The third kappa shape index (κ3) is 4.46. The number of hydrogen-bond donors (Lipinski definition) is 1. The number of rotatable bonds is 5. The SMILES string of the molecule is CCOC(=O)C(N=Nc1ccc(-n2c(C)nc3ccc(Br)cc3c2=O)cc1)=C(C)O. The van der Waals surface area contributed by atoms with Crippen molar-refractivity contribution in [1.29, 1.82) is 0 Å². The van der Waals surface area contributed by atoms with Crippen LogP contribution in [-0.4, -0.2) is 27.2 Å². The Morgan fingerprint density at radius 2 is 1.93 bits per heavy atom. The molecule has 1 N–H and O–H groups in total. The Kier molecular flexibility index (Phi) is 6.41. The van der Waals surface area contributed by atoms with Gasteiger partial charge in [0.1, 0.15) is 11.6 Å². The largest absolute Gasteiger partial charge is 0.510 e. The van der Waals surface area contributed by atoms with Gasteiger partial charge in [0.15, 0.2) is 0 Å². The van der Waals surface area contributed by atoms with Crippen LogP contribution in [0, 0.1) is 6.92 Å². The number of benzene rings is 2. The molecule has 9 heteroatoms. The number of carbonyl (C=O) groups excluding carboxylic acids is 1. The lowest BCUT2D eigenvalue weighted by Crippen LogP contribution is -2.22. The molecule has 0 saturated heterocycles. The van der Waals surface area contributed by atoms with Gasteiger partial charge in [0.2, 0.25) is 5.70 Å². The first-order valence-electron chi connectivity index (χ1n) is 9.10. The Labute approximate surface area is 180 Å². The normalized spacial score (nSPS) is 12.3. The maximum atomic E-state index is 13.0. The van der Waals surface area contributed by atoms with Gasteiger partial charge >= 0.3 is 5.97 Å². The van der Waals surface area contributed by atoms with Crippen molar-refractivity contribution < 1.29 is 14.6 Å². The molecule has 8 nitrogen and oxygen atoms in total. The van der Waals surface area contributed by atoms with Crippen molar-refractivity contribution in [2.75, 3.05) is 6.61 Å². The molecular formula is C21H19BrN4O4. The van der Waals surface area contributed by atoms with Gasteiger partial charge < -0.3 is 9.84 Å². The zero-order valence-electron chi connectivity index (χ0n) is 16.6. The standard InChI is InChI=1S/C21H19BrN4O4/c1-4-30-21(29)19(12(2)27)25-24-15-6-8-16(9-7-15)26-13(3)23-18-10-5-14(22)11-17(18)20(26)28/h5-11,27H,4H2,1-3H3. The number of azo groups is 1. The molecule has 0 spiro atoms. The quantitative estimate of drug-likeness (QED) is 0.247. The molecule has 0 aliphatic heterocycles. The smallest absolute Gasteiger partial charge is 0.362 e. The number of nitrogens with zero attached hydrogens (tertiary/aromatic N) is 4. The summed E-state index contributed by atoms with van der Waals surface area (Å²) in [6.45, 7) is 4.90. The summed E-state index contributed by atoms with van der Waals surface area (Å²) in [5.74, 6) is -0.495. The van der Waals surface area contributed by atoms with Gasteiger partial charge in [0.05, 0.1) is 28.9 Å². The third-order valence-corrected chi connectivity index (χ3v) is 4.68. The molecular weight excluding hydrogens is 452 g/mol. The summed E-state index contributed by atoms with van der Waals surface area (Å²) in [5.41, 5.74) is 1.23. The summed E-state index contributed by atoms with van der Waals surface area (Å²) in [6.07, 6.45) is 0. The number of aliphatic hydroxyl groups is 1. The fraction of sp³-hybridized carbons (Fsp3) is 0.190. The highest BCUT2D eigenvalue weighted by molar-refractivity contribution is 9.10. The molecule has 0 unspecified atom stereocenters. The van der Waals surface area contributed by atoms with Gasteiger partial charge in [-0.1, -0.05) is 15.9 Å². The van der Waals surface area contributed by atoms with E-state index in [0.29, 0.717) is 28.1 Å². The van der Waals surface area contributed by atoms with Crippen LogP contribution in [-0.2, 0) is 9.53 Å². The fourth-order valence-corrected chi connectivity index (χ4v) is 3.17. The summed E-state index contributed by atoms with van der Waals surface area (Å²) < 4.78 is 7.15. The molecule has 1 aromatic heterocycles. The molecule has 0 amide bonds. The molecule has 0 aliphatic carbocycles. The zero-order valence-corrected chi connectivity index (χ0v) is 18.2. The van der Waals surface area contributed by atoms with Crippen LogP contribution in [0.3, 0.4) is 0 Å². The van der Waals surface area contributed by atoms with Crippen LogP contribution in [0.5, 0.6) is 0 Å². The van der Waals surface area contributed by atoms with Gasteiger partial charge in [-0.3, -0.25) is 9.36 Å². The maximum absolute atomic E-state index is 13.0. The number of fused-ring (bicyclic) bond motifs is 1. The summed E-state index contributed by atoms with van der Waals surface area (Å²) >= 11 is 3.38. The van der Waals surface area contributed by atoms with Crippen LogP contribution in [0.25, 0.3) is 16.6 Å². The molecule has 0 aliphatic rings. The topological polar surface area (TPSA) is 106 Å². The minimum absolute atomic E-state index is 0.157. The van der Waals surface area contributed by atoms with Gasteiger partial charge in [-0.2, -0.15) is 5.11 Å². The second-order valence-corrected chi connectivity index (χ2v) is 7.25. The average Bonchev–Trinajstić information content (AvgIpc) is 2.70. The Bertz CT molecular complexity index is 1230. The zero-order chi connectivity index (χ0) is 21.8. The van der Waals surface area contributed by atoms with E-state index in [-0.39, 0.29) is 23.6 Å². The van der Waals surface area contributed by atoms with Crippen LogP contribution in [0.15, 0.2) is 73.4 Å². The monoisotopic (exact) mass is 470 g/mol. The predicted octanol–water partition coefficient (Wildman–Crippen LogP) is 4.89. The third-order valence-electron chi connectivity index (χ3n) is 4.18. The average molecular weight is 471 g/mol. The Hall–Kier alpha value is -3.33. The lowest BCUT2D eigenvalue weighted by Gasteiger charge is -2.11. The first kappa shape index (κ1) is 21.4. The van der Waals surface area contributed by atoms with E-state index in [2.05, 4.69) is 31.1 Å². The first-order valence-corrected chi connectivity index (χ1v) is 9.89. The summed E-state index contributed by atoms with van der Waals surface area (Å²) in [6, 6.07) is 12.1. The lowest BCUT2D eigenvalue weighted by molar-refractivity contribution is -0.138. The van der Waals surface area contributed by atoms with Crippen LogP contribution in [0.2, 0.25) is 0 Å². The summed E-state index contributed by atoms with van der Waals surface area (Å²) in [7, 11) is 0. The number of ether oxygens (including phenoxy) is 1. The molecule has 1 heterocycles. The number of carbonyl (C=O) groups is 1. The van der Waals surface area contributed by atoms with Crippen LogP contribution >= 0.6 is 15.9 Å². The molecule has 0 saturated carbocycles. The fourth-order valence-electron chi connectivity index (χ4n) is 2.81. The Morgan fingerprint density at radius 1 is 1.23 bits per heavy atom. The molecule has 0 atom stereocenters. The van der Waals surface area contributed by atoms with Gasteiger partial charge in [0.25, 0.3) is 5.56 Å². The van der Waals surface area contributed by atoms with Crippen LogP contribution in [0.4, 0.5) is 5.69 Å². The van der Waals surface area contributed by atoms with Crippen LogP contribution < -0.4 is 5.56 Å². The number of aryl methyl sites for hydroxylation is 1. The number of esters is 1. The van der Waals surface area contributed by atoms with Crippen molar-refractivity contribution in [3.63, 3.8) is 0 Å². The van der Waals surface area contributed by atoms with Crippen molar-refractivity contribution in [2.45, 2.75) is 20.8 Å². The maximum Gasteiger partial charge on any atom is 0.362 e. The summed E-state index contributed by atoms with van der Waals surface area (Å²) in [4.78, 5) is 29.3. The van der Waals surface area contributed by atoms with Gasteiger partial charge in [-0.05, 0) is 63.2 Å². The van der Waals surface area contributed by atoms with Crippen LogP contribution in [0.1, 0.15) is 19.7 Å². The van der Waals surface area contributed by atoms with E-state index in [1.54, 1.807) is 50.2 Å². The van der Waals surface area contributed by atoms with E-state index in [0.717, 1.165) is 4.47 Å². The van der Waals surface area contributed by atoms with E-state index >= 15 is 0 Å². The van der Waals surface area contributed by atoms with E-state index in [1.807, 2.05) is 6.07 Å². The second-order valence-electron chi connectivity index (χ2n) is 6.33. The molecule has 0 radical (unpaired) electrons. The predicted molar refractivity (Wildman–Crippen MR) is 116 cm³/mol. The van der Waals surface area contributed by atoms with E-state index in [1.165, 1.54) is 11.5 Å². The molecule has 3 rings (SSSR count). The van der Waals surface area contributed by atoms with Gasteiger partial charge in [-0.25, -0.2) is 9.78 Å². The van der Waals surface area contributed by atoms with Crippen molar-refractivity contribution in [3.8, 4) is 5.69 Å². The van der Waals surface area contributed by atoms with Crippen molar-refractivity contribution >= 4 is 38.5 Å². The highest BCUT2D eigenvalue weighted by Gasteiger charge is 2.14. The van der Waals surface area contributed by atoms with Crippen molar-refractivity contribution in [1.82, 2.24) is 9.55 Å². The minimum Gasteiger partial charge on any atom is -0.510 e. The Balaban J connectivity index is 1.96. The molecule has 154 valence electrons. The van der Waals surface area contributed by atoms with E-state index in [4.69, 9.17) is 4.74 Å². The minimum atomic E-state index is -0.756. The number of aliphatic hydroxyl groups excluding tert-OH is 1. The molecule has 2 aromatic carbocycles. The first-order chi connectivity index (χ1) is 14.3. The molecule has 0 fully saturated rings. The number of allylic oxidation sites excluding steroid dienone is 1. The highest BCUT2D eigenvalue weighted by atomic mass is 79.9. The van der Waals surface area contributed by atoms with Gasteiger partial charge in [0, 0.05) is 4.47 Å². The van der Waals surface area contributed by atoms with E-state index in [9.17, 15) is 14.7 Å². The van der Waals surface area contributed by atoms with Crippen molar-refractivity contribution in [2.24, 2.45) is 10.2 Å². The molecule has 0 bridgehead atoms. The summed E-state index contributed by atoms with van der Waals surface area (Å²) in [5, 5.41) is 17.9. The highest BCUT2D eigenvalue weighted by Crippen LogP contribution is 2.20. The molecule has 3 aromatic rings. The van der Waals surface area contributed by atoms with Crippen molar-refractivity contribution in [3.05, 3.63) is 74.6 Å². The number of halogens is 1. The number of aromatic nitrogens is 2.